The van der Waals surface area contributed by atoms with Gasteiger partial charge in [-0.15, -0.1) is 0 Å². The lowest BCUT2D eigenvalue weighted by Crippen LogP contribution is -2.21. The van der Waals surface area contributed by atoms with Crippen molar-refractivity contribution in [2.45, 2.75) is 0 Å². The second kappa shape index (κ2) is 6.90. The molecule has 5 heteroatoms. The number of halogens is 2. The first-order valence-electron chi connectivity index (χ1n) is 7.09. The molecular weight excluding hydrogens is 331 g/mol. The molecule has 3 aromatic carbocycles. The Morgan fingerprint density at radius 1 is 0.826 bits per heavy atom. The molecule has 0 saturated carbocycles. The second-order valence-corrected chi connectivity index (χ2v) is 5.91. The number of carbonyl (C=O) groups excluding carboxylic acids is 1. The fourth-order valence-corrected chi connectivity index (χ4v) is 2.56. The van der Waals surface area contributed by atoms with Gasteiger partial charge in [-0.2, -0.15) is 0 Å². The number of nitrogens with one attached hydrogen (secondary N) is 2. The highest BCUT2D eigenvalue weighted by Gasteiger charge is 2.05. The maximum atomic E-state index is 12.0. The Hall–Kier alpha value is -2.23. The lowest BCUT2D eigenvalue weighted by Gasteiger charge is -2.09. The maximum absolute atomic E-state index is 12.0. The molecule has 0 saturated heterocycles. The molecule has 3 rings (SSSR count). The van der Waals surface area contributed by atoms with E-state index in [-0.39, 0.29) is 12.5 Å². The van der Waals surface area contributed by atoms with Crippen molar-refractivity contribution in [1.82, 2.24) is 0 Å². The molecule has 0 unspecified atom stereocenters. The molecule has 23 heavy (non-hydrogen) atoms. The number of amides is 1. The molecule has 0 atom stereocenters. The van der Waals surface area contributed by atoms with Crippen molar-refractivity contribution in [3.63, 3.8) is 0 Å². The Bertz CT molecular complexity index is 865. The predicted molar refractivity (Wildman–Crippen MR) is 97.5 cm³/mol. The molecule has 0 fully saturated rings. The van der Waals surface area contributed by atoms with E-state index in [9.17, 15) is 4.79 Å². The number of benzene rings is 3. The Labute approximate surface area is 144 Å². The standard InChI is InChI=1S/C18H14Cl2N2O/c19-16-8-7-15(10-17(16)20)22-18(23)11-21-14-6-5-12-3-1-2-4-13(12)9-14/h1-10,21H,11H2,(H,22,23). The largest absolute Gasteiger partial charge is 0.376 e. The van der Waals surface area contributed by atoms with Crippen LogP contribution in [-0.2, 0) is 4.79 Å². The van der Waals surface area contributed by atoms with E-state index >= 15 is 0 Å². The van der Waals surface area contributed by atoms with Crippen LogP contribution in [0.3, 0.4) is 0 Å². The molecule has 0 heterocycles. The third-order valence-corrected chi connectivity index (χ3v) is 4.14. The quantitative estimate of drug-likeness (QED) is 0.683. The molecule has 0 aliphatic rings. The third kappa shape index (κ3) is 3.95. The van der Waals surface area contributed by atoms with Gasteiger partial charge >= 0.3 is 0 Å². The van der Waals surface area contributed by atoms with Gasteiger partial charge in [0, 0.05) is 11.4 Å². The molecular formula is C18H14Cl2N2O. The number of hydrogen-bond donors (Lipinski definition) is 2. The van der Waals surface area contributed by atoms with Gasteiger partial charge in [-0.3, -0.25) is 4.79 Å². The van der Waals surface area contributed by atoms with E-state index in [0.717, 1.165) is 11.1 Å². The molecule has 0 aromatic heterocycles. The van der Waals surface area contributed by atoms with Crippen LogP contribution in [0.25, 0.3) is 10.8 Å². The Morgan fingerprint density at radius 2 is 1.57 bits per heavy atom. The average Bonchev–Trinajstić information content (AvgIpc) is 2.56. The van der Waals surface area contributed by atoms with Gasteiger partial charge in [-0.25, -0.2) is 0 Å². The summed E-state index contributed by atoms with van der Waals surface area (Å²) in [5.41, 5.74) is 1.51. The zero-order valence-electron chi connectivity index (χ0n) is 12.1. The highest BCUT2D eigenvalue weighted by molar-refractivity contribution is 6.42. The van der Waals surface area contributed by atoms with Gasteiger partial charge < -0.3 is 10.6 Å². The molecule has 1 amide bonds. The summed E-state index contributed by atoms with van der Waals surface area (Å²) in [6.07, 6.45) is 0. The van der Waals surface area contributed by atoms with Crippen molar-refractivity contribution in [2.24, 2.45) is 0 Å². The van der Waals surface area contributed by atoms with Crippen molar-refractivity contribution in [2.75, 3.05) is 17.2 Å². The van der Waals surface area contributed by atoms with E-state index in [1.54, 1.807) is 18.2 Å². The first-order chi connectivity index (χ1) is 11.1. The van der Waals surface area contributed by atoms with Crippen molar-refractivity contribution in [3.05, 3.63) is 70.7 Å². The molecule has 116 valence electrons. The second-order valence-electron chi connectivity index (χ2n) is 5.09. The van der Waals surface area contributed by atoms with Crippen LogP contribution in [0.15, 0.2) is 60.7 Å². The monoisotopic (exact) mass is 344 g/mol. The van der Waals surface area contributed by atoms with E-state index in [1.807, 2.05) is 36.4 Å². The van der Waals surface area contributed by atoms with Crippen LogP contribution in [0.1, 0.15) is 0 Å². The fourth-order valence-electron chi connectivity index (χ4n) is 2.26. The summed E-state index contributed by atoms with van der Waals surface area (Å²) in [5, 5.41) is 9.04. The van der Waals surface area contributed by atoms with Gasteiger partial charge in [0.15, 0.2) is 0 Å². The SMILES string of the molecule is O=C(CNc1ccc2ccccc2c1)Nc1ccc(Cl)c(Cl)c1. The number of hydrogen-bond acceptors (Lipinski definition) is 2. The highest BCUT2D eigenvalue weighted by Crippen LogP contribution is 2.25. The summed E-state index contributed by atoms with van der Waals surface area (Å²) < 4.78 is 0. The summed E-state index contributed by atoms with van der Waals surface area (Å²) in [6, 6.07) is 19.1. The molecule has 0 aliphatic heterocycles. The number of anilines is 2. The summed E-state index contributed by atoms with van der Waals surface area (Å²) >= 11 is 11.8. The minimum absolute atomic E-state index is 0.156. The Kier molecular flexibility index (Phi) is 4.70. The van der Waals surface area contributed by atoms with Crippen LogP contribution < -0.4 is 10.6 Å². The number of fused-ring (bicyclic) bond motifs is 1. The van der Waals surface area contributed by atoms with E-state index in [2.05, 4.69) is 16.7 Å². The lowest BCUT2D eigenvalue weighted by molar-refractivity contribution is -0.114. The smallest absolute Gasteiger partial charge is 0.243 e. The molecule has 0 aliphatic carbocycles. The maximum Gasteiger partial charge on any atom is 0.243 e. The van der Waals surface area contributed by atoms with Crippen molar-refractivity contribution in [3.8, 4) is 0 Å². The van der Waals surface area contributed by atoms with Gasteiger partial charge in [-0.05, 0) is 41.1 Å². The van der Waals surface area contributed by atoms with E-state index < -0.39 is 0 Å². The van der Waals surface area contributed by atoms with Crippen molar-refractivity contribution < 1.29 is 4.79 Å². The normalized spacial score (nSPS) is 10.5. The first-order valence-corrected chi connectivity index (χ1v) is 7.85. The fraction of sp³-hybridized carbons (Fsp3) is 0.0556. The van der Waals surface area contributed by atoms with Gasteiger partial charge in [0.25, 0.3) is 0 Å². The Balaban J connectivity index is 1.62. The topological polar surface area (TPSA) is 41.1 Å². The number of carbonyl (C=O) groups is 1. The minimum Gasteiger partial charge on any atom is -0.376 e. The summed E-state index contributed by atoms with van der Waals surface area (Å²) in [6.45, 7) is 0.165. The molecule has 3 nitrogen and oxygen atoms in total. The zero-order chi connectivity index (χ0) is 16.2. The summed E-state index contributed by atoms with van der Waals surface area (Å²) in [4.78, 5) is 12.0. The molecule has 0 spiro atoms. The minimum atomic E-state index is -0.156. The van der Waals surface area contributed by atoms with Gasteiger partial charge in [0.1, 0.15) is 0 Å². The van der Waals surface area contributed by atoms with Crippen LogP contribution in [0, 0.1) is 0 Å². The van der Waals surface area contributed by atoms with Crippen LogP contribution in [0.4, 0.5) is 11.4 Å². The average molecular weight is 345 g/mol. The lowest BCUT2D eigenvalue weighted by atomic mass is 10.1. The van der Waals surface area contributed by atoms with Crippen LogP contribution in [0.5, 0.6) is 0 Å². The summed E-state index contributed by atoms with van der Waals surface area (Å²) in [7, 11) is 0. The van der Waals surface area contributed by atoms with Crippen LogP contribution in [-0.4, -0.2) is 12.5 Å². The number of rotatable bonds is 4. The first kappa shape index (κ1) is 15.7. The predicted octanol–water partition coefficient (Wildman–Crippen LogP) is 5.20. The van der Waals surface area contributed by atoms with Crippen LogP contribution >= 0.6 is 23.2 Å². The van der Waals surface area contributed by atoms with Gasteiger partial charge in [0.05, 0.1) is 16.6 Å². The van der Waals surface area contributed by atoms with Crippen molar-refractivity contribution in [1.29, 1.82) is 0 Å². The third-order valence-electron chi connectivity index (χ3n) is 3.41. The van der Waals surface area contributed by atoms with E-state index in [0.29, 0.717) is 15.7 Å². The zero-order valence-corrected chi connectivity index (χ0v) is 13.7. The molecule has 0 radical (unpaired) electrons. The molecule has 0 bridgehead atoms. The van der Waals surface area contributed by atoms with Gasteiger partial charge in [-0.1, -0.05) is 53.5 Å². The molecule has 3 aromatic rings. The Morgan fingerprint density at radius 3 is 2.35 bits per heavy atom. The summed E-state index contributed by atoms with van der Waals surface area (Å²) in [5.74, 6) is -0.156. The van der Waals surface area contributed by atoms with Crippen LogP contribution in [0.2, 0.25) is 10.0 Å². The van der Waals surface area contributed by atoms with E-state index in [4.69, 9.17) is 23.2 Å². The van der Waals surface area contributed by atoms with Crippen molar-refractivity contribution >= 4 is 51.3 Å². The highest BCUT2D eigenvalue weighted by atomic mass is 35.5. The van der Waals surface area contributed by atoms with Gasteiger partial charge in [0.2, 0.25) is 5.91 Å². The molecule has 2 N–H and O–H groups in total. The van der Waals surface area contributed by atoms with E-state index in [1.165, 1.54) is 5.39 Å².